The molecule has 2 aromatic rings. The van der Waals surface area contributed by atoms with Crippen LogP contribution in [-0.2, 0) is 6.54 Å². The lowest BCUT2D eigenvalue weighted by molar-refractivity contribution is 0.251. The molecule has 2 amide bonds. The second kappa shape index (κ2) is 7.32. The number of carbonyl (C=O) groups excluding carboxylic acids is 1. The van der Waals surface area contributed by atoms with Gasteiger partial charge in [-0.2, -0.15) is 0 Å². The molecule has 3 nitrogen and oxygen atoms in total. The van der Waals surface area contributed by atoms with Crippen LogP contribution >= 0.6 is 11.6 Å². The number of nitrogens with one attached hydrogen (secondary N) is 2. The molecule has 0 aliphatic carbocycles. The molecular formula is C18H21ClN2O. The average Bonchev–Trinajstić information content (AvgIpc) is 2.47. The van der Waals surface area contributed by atoms with Crippen molar-refractivity contribution in [1.29, 1.82) is 0 Å². The molecule has 0 atom stereocenters. The van der Waals surface area contributed by atoms with Crippen LogP contribution in [0.4, 0.5) is 10.5 Å². The molecule has 2 N–H and O–H groups in total. The van der Waals surface area contributed by atoms with Crippen LogP contribution in [0.2, 0.25) is 5.02 Å². The minimum atomic E-state index is -0.212. The second-order valence-electron chi connectivity index (χ2n) is 5.63. The Bertz CT molecular complexity index is 668. The maximum atomic E-state index is 12.1. The molecule has 0 aliphatic heterocycles. The minimum Gasteiger partial charge on any atom is -0.334 e. The van der Waals surface area contributed by atoms with Crippen LogP contribution in [0, 0.1) is 6.92 Å². The van der Waals surface area contributed by atoms with E-state index in [2.05, 4.69) is 24.5 Å². The zero-order chi connectivity index (χ0) is 16.1. The van der Waals surface area contributed by atoms with Crippen molar-refractivity contribution in [1.82, 2.24) is 5.32 Å². The van der Waals surface area contributed by atoms with Crippen molar-refractivity contribution in [3.63, 3.8) is 0 Å². The summed E-state index contributed by atoms with van der Waals surface area (Å²) in [6.45, 7) is 6.67. The van der Waals surface area contributed by atoms with Gasteiger partial charge in [0.15, 0.2) is 0 Å². The fraction of sp³-hybridized carbons (Fsp3) is 0.278. The van der Waals surface area contributed by atoms with Crippen LogP contribution in [0.5, 0.6) is 0 Å². The Morgan fingerprint density at radius 1 is 1.18 bits per heavy atom. The van der Waals surface area contributed by atoms with Gasteiger partial charge in [-0.1, -0.05) is 55.8 Å². The van der Waals surface area contributed by atoms with Gasteiger partial charge in [0, 0.05) is 17.3 Å². The molecular weight excluding hydrogens is 296 g/mol. The van der Waals surface area contributed by atoms with E-state index < -0.39 is 0 Å². The molecule has 0 saturated carbocycles. The van der Waals surface area contributed by atoms with Crippen LogP contribution in [0.3, 0.4) is 0 Å². The van der Waals surface area contributed by atoms with Crippen LogP contribution in [0.25, 0.3) is 0 Å². The number of hydrogen-bond acceptors (Lipinski definition) is 1. The summed E-state index contributed by atoms with van der Waals surface area (Å²) in [6, 6.07) is 13.3. The number of anilines is 1. The van der Waals surface area contributed by atoms with E-state index in [1.165, 1.54) is 0 Å². The van der Waals surface area contributed by atoms with E-state index in [9.17, 15) is 4.79 Å². The monoisotopic (exact) mass is 316 g/mol. The summed E-state index contributed by atoms with van der Waals surface area (Å²) in [6.07, 6.45) is 0. The molecule has 0 aromatic heterocycles. The topological polar surface area (TPSA) is 41.1 Å². The van der Waals surface area contributed by atoms with E-state index in [0.717, 1.165) is 22.4 Å². The first-order chi connectivity index (χ1) is 10.5. The van der Waals surface area contributed by atoms with Gasteiger partial charge in [-0.3, -0.25) is 0 Å². The van der Waals surface area contributed by atoms with Crippen LogP contribution in [0.15, 0.2) is 42.5 Å². The quantitative estimate of drug-likeness (QED) is 0.810. The third kappa shape index (κ3) is 4.25. The number of amides is 2. The zero-order valence-electron chi connectivity index (χ0n) is 13.1. The number of carbonyl (C=O) groups is 1. The van der Waals surface area contributed by atoms with E-state index in [4.69, 9.17) is 11.6 Å². The van der Waals surface area contributed by atoms with Crippen molar-refractivity contribution < 1.29 is 4.79 Å². The van der Waals surface area contributed by atoms with Gasteiger partial charge in [0.25, 0.3) is 0 Å². The predicted octanol–water partition coefficient (Wildman–Crippen LogP) is 5.09. The summed E-state index contributed by atoms with van der Waals surface area (Å²) >= 11 is 5.94. The molecule has 0 bridgehead atoms. The molecule has 0 aliphatic rings. The van der Waals surface area contributed by atoms with Gasteiger partial charge < -0.3 is 10.6 Å². The summed E-state index contributed by atoms with van der Waals surface area (Å²) in [7, 11) is 0. The van der Waals surface area contributed by atoms with Crippen LogP contribution in [0.1, 0.15) is 36.5 Å². The lowest BCUT2D eigenvalue weighted by Gasteiger charge is -2.17. The highest BCUT2D eigenvalue weighted by Gasteiger charge is 2.11. The highest BCUT2D eigenvalue weighted by Crippen LogP contribution is 2.27. The van der Waals surface area contributed by atoms with E-state index in [-0.39, 0.29) is 6.03 Å². The highest BCUT2D eigenvalue weighted by atomic mass is 35.5. The molecule has 0 radical (unpaired) electrons. The maximum absolute atomic E-state index is 12.1. The van der Waals surface area contributed by atoms with E-state index in [1.807, 2.05) is 49.4 Å². The van der Waals surface area contributed by atoms with Crippen LogP contribution in [-0.4, -0.2) is 6.03 Å². The third-order valence-electron chi connectivity index (χ3n) is 3.51. The number of benzene rings is 2. The Morgan fingerprint density at radius 2 is 1.91 bits per heavy atom. The third-order valence-corrected chi connectivity index (χ3v) is 3.74. The van der Waals surface area contributed by atoms with Gasteiger partial charge in [-0.05, 0) is 41.7 Å². The summed E-state index contributed by atoms with van der Waals surface area (Å²) in [5.41, 5.74) is 4.06. The molecule has 0 unspecified atom stereocenters. The molecule has 116 valence electrons. The Hall–Kier alpha value is -2.00. The van der Waals surface area contributed by atoms with Gasteiger partial charge in [-0.15, -0.1) is 0 Å². The fourth-order valence-corrected chi connectivity index (χ4v) is 2.54. The largest absolute Gasteiger partial charge is 0.334 e. The van der Waals surface area contributed by atoms with E-state index in [0.29, 0.717) is 17.5 Å². The Kier molecular flexibility index (Phi) is 5.45. The van der Waals surface area contributed by atoms with Gasteiger partial charge in [0.05, 0.1) is 0 Å². The first kappa shape index (κ1) is 16.4. The van der Waals surface area contributed by atoms with Gasteiger partial charge in [0.2, 0.25) is 0 Å². The number of halogens is 1. The summed E-state index contributed by atoms with van der Waals surface area (Å²) in [5, 5.41) is 6.49. The zero-order valence-corrected chi connectivity index (χ0v) is 13.9. The number of urea groups is 1. The molecule has 2 rings (SSSR count). The number of aryl methyl sites for hydroxylation is 1. The van der Waals surface area contributed by atoms with Gasteiger partial charge in [-0.25, -0.2) is 4.79 Å². The van der Waals surface area contributed by atoms with Crippen molar-refractivity contribution in [2.75, 3.05) is 5.32 Å². The van der Waals surface area contributed by atoms with E-state index in [1.54, 1.807) is 0 Å². The van der Waals surface area contributed by atoms with Gasteiger partial charge >= 0.3 is 6.03 Å². The summed E-state index contributed by atoms with van der Waals surface area (Å²) in [4.78, 5) is 12.1. The Labute approximate surface area is 136 Å². The van der Waals surface area contributed by atoms with Crippen molar-refractivity contribution >= 4 is 23.3 Å². The standard InChI is InChI=1S/C18H21ClN2O/c1-12(2)16-9-4-6-13(3)17(16)21-18(22)20-11-14-7-5-8-15(19)10-14/h4-10,12H,11H2,1-3H3,(H2,20,21,22). The minimum absolute atomic E-state index is 0.212. The normalized spacial score (nSPS) is 10.6. The fourth-order valence-electron chi connectivity index (χ4n) is 2.33. The SMILES string of the molecule is Cc1cccc(C(C)C)c1NC(=O)NCc1cccc(Cl)c1. The highest BCUT2D eigenvalue weighted by molar-refractivity contribution is 6.30. The second-order valence-corrected chi connectivity index (χ2v) is 6.07. The first-order valence-corrected chi connectivity index (χ1v) is 7.74. The average molecular weight is 317 g/mol. The van der Waals surface area contributed by atoms with Crippen LogP contribution < -0.4 is 10.6 Å². The summed E-state index contributed by atoms with van der Waals surface area (Å²) < 4.78 is 0. The number of rotatable bonds is 4. The number of hydrogen-bond donors (Lipinski definition) is 2. The summed E-state index contributed by atoms with van der Waals surface area (Å²) in [5.74, 6) is 0.350. The molecule has 4 heteroatoms. The molecule has 0 heterocycles. The maximum Gasteiger partial charge on any atom is 0.319 e. The van der Waals surface area contributed by atoms with Crippen molar-refractivity contribution in [3.05, 3.63) is 64.2 Å². The Balaban J connectivity index is 2.03. The molecule has 0 fully saturated rings. The van der Waals surface area contributed by atoms with Crippen molar-refractivity contribution in [2.24, 2.45) is 0 Å². The lowest BCUT2D eigenvalue weighted by Crippen LogP contribution is -2.29. The molecule has 22 heavy (non-hydrogen) atoms. The van der Waals surface area contributed by atoms with Crippen molar-refractivity contribution in [3.8, 4) is 0 Å². The molecule has 2 aromatic carbocycles. The first-order valence-electron chi connectivity index (χ1n) is 7.36. The van der Waals surface area contributed by atoms with Gasteiger partial charge in [0.1, 0.15) is 0 Å². The molecule has 0 saturated heterocycles. The predicted molar refractivity (Wildman–Crippen MR) is 92.6 cm³/mol. The smallest absolute Gasteiger partial charge is 0.319 e. The Morgan fingerprint density at radius 3 is 2.59 bits per heavy atom. The van der Waals surface area contributed by atoms with E-state index >= 15 is 0 Å². The lowest BCUT2D eigenvalue weighted by atomic mass is 9.98. The number of para-hydroxylation sites is 1. The molecule has 0 spiro atoms. The van der Waals surface area contributed by atoms with Crippen molar-refractivity contribution in [2.45, 2.75) is 33.2 Å².